The van der Waals surface area contributed by atoms with E-state index in [2.05, 4.69) is 5.32 Å². The van der Waals surface area contributed by atoms with Crippen LogP contribution < -0.4 is 5.32 Å². The summed E-state index contributed by atoms with van der Waals surface area (Å²) < 4.78 is 24.3. The molecule has 0 heterocycles. The number of hydrogen-bond donors (Lipinski definition) is 2. The molecule has 0 aliphatic rings. The molecule has 0 unspecified atom stereocenters. The number of non-ortho nitro benzene ring substituents is 1. The molecule has 1 atom stereocenters. The van der Waals surface area contributed by atoms with Crippen molar-refractivity contribution in [1.29, 1.82) is 0 Å². The molecule has 0 saturated heterocycles. The van der Waals surface area contributed by atoms with Gasteiger partial charge in [-0.2, -0.15) is 0 Å². The molecule has 9 nitrogen and oxygen atoms in total. The van der Waals surface area contributed by atoms with Crippen LogP contribution in [0.5, 0.6) is 0 Å². The highest BCUT2D eigenvalue weighted by molar-refractivity contribution is 7.92. The number of carboxylic acid groups (broad SMARTS) is 1. The second-order valence-corrected chi connectivity index (χ2v) is 8.76. The summed E-state index contributed by atoms with van der Waals surface area (Å²) in [6.07, 6.45) is 0.177. The second kappa shape index (κ2) is 7.31. The first-order chi connectivity index (χ1) is 12.4. The SMILES string of the molecule is C[C@](CCC(=O)O)(NC(=O)c1cccc2cc([N+](=O)[O-])ccc12)S(C)(=O)=O. The van der Waals surface area contributed by atoms with E-state index in [0.717, 1.165) is 6.26 Å². The number of nitro benzene ring substituents is 1. The largest absolute Gasteiger partial charge is 0.481 e. The summed E-state index contributed by atoms with van der Waals surface area (Å²) >= 11 is 0. The van der Waals surface area contributed by atoms with Gasteiger partial charge in [0.1, 0.15) is 4.87 Å². The van der Waals surface area contributed by atoms with Crippen LogP contribution in [0, 0.1) is 10.1 Å². The van der Waals surface area contributed by atoms with Crippen molar-refractivity contribution in [2.75, 3.05) is 6.26 Å². The maximum Gasteiger partial charge on any atom is 0.303 e. The van der Waals surface area contributed by atoms with Gasteiger partial charge in [0, 0.05) is 30.4 Å². The van der Waals surface area contributed by atoms with Crippen LogP contribution in [0.2, 0.25) is 0 Å². The maximum atomic E-state index is 12.7. The molecular formula is C17H18N2O7S. The Labute approximate surface area is 155 Å². The van der Waals surface area contributed by atoms with E-state index in [1.807, 2.05) is 0 Å². The monoisotopic (exact) mass is 394 g/mol. The maximum absolute atomic E-state index is 12.7. The van der Waals surface area contributed by atoms with E-state index >= 15 is 0 Å². The Kier molecular flexibility index (Phi) is 5.50. The number of fused-ring (bicyclic) bond motifs is 1. The average Bonchev–Trinajstić information content (AvgIpc) is 2.57. The highest BCUT2D eigenvalue weighted by atomic mass is 32.2. The third-order valence-electron chi connectivity index (χ3n) is 4.33. The predicted molar refractivity (Wildman–Crippen MR) is 98.2 cm³/mol. The third kappa shape index (κ3) is 4.40. The Morgan fingerprint density at radius 2 is 1.93 bits per heavy atom. The Bertz CT molecular complexity index is 1030. The van der Waals surface area contributed by atoms with Gasteiger partial charge in [0.15, 0.2) is 9.84 Å². The number of nitro groups is 1. The molecule has 27 heavy (non-hydrogen) atoms. The van der Waals surface area contributed by atoms with Crippen LogP contribution in [0.4, 0.5) is 5.69 Å². The van der Waals surface area contributed by atoms with E-state index in [1.165, 1.54) is 37.3 Å². The van der Waals surface area contributed by atoms with E-state index in [0.29, 0.717) is 10.8 Å². The average molecular weight is 394 g/mol. The minimum absolute atomic E-state index is 0.132. The molecule has 0 spiro atoms. The van der Waals surface area contributed by atoms with Crippen molar-refractivity contribution in [3.05, 3.63) is 52.1 Å². The van der Waals surface area contributed by atoms with Gasteiger partial charge in [0.05, 0.1) is 4.92 Å². The second-order valence-electron chi connectivity index (χ2n) is 6.32. The van der Waals surface area contributed by atoms with Crippen LogP contribution in [0.1, 0.15) is 30.1 Å². The first-order valence-electron chi connectivity index (χ1n) is 7.86. The normalized spacial score (nSPS) is 13.7. The quantitative estimate of drug-likeness (QED) is 0.540. The van der Waals surface area contributed by atoms with Crippen LogP contribution >= 0.6 is 0 Å². The lowest BCUT2D eigenvalue weighted by Crippen LogP contribution is -2.51. The number of carboxylic acids is 1. The molecule has 0 aromatic heterocycles. The summed E-state index contributed by atoms with van der Waals surface area (Å²) in [5, 5.41) is 23.0. The fraction of sp³-hybridized carbons (Fsp3) is 0.294. The zero-order valence-electron chi connectivity index (χ0n) is 14.6. The first kappa shape index (κ1) is 20.3. The fourth-order valence-corrected chi connectivity index (χ4v) is 3.33. The first-order valence-corrected chi connectivity index (χ1v) is 9.75. The number of amides is 1. The van der Waals surface area contributed by atoms with Gasteiger partial charge < -0.3 is 10.4 Å². The van der Waals surface area contributed by atoms with E-state index in [1.54, 1.807) is 6.07 Å². The molecule has 10 heteroatoms. The van der Waals surface area contributed by atoms with Crippen LogP contribution in [0.15, 0.2) is 36.4 Å². The van der Waals surface area contributed by atoms with E-state index in [4.69, 9.17) is 5.11 Å². The van der Waals surface area contributed by atoms with Crippen LogP contribution in [0.3, 0.4) is 0 Å². The van der Waals surface area contributed by atoms with E-state index in [9.17, 15) is 28.1 Å². The number of carbonyl (C=O) groups excluding carboxylic acids is 1. The molecule has 1 amide bonds. The van der Waals surface area contributed by atoms with Gasteiger partial charge in [-0.15, -0.1) is 0 Å². The molecule has 0 bridgehead atoms. The summed E-state index contributed by atoms with van der Waals surface area (Å²) in [4.78, 5) is 32.1. The van der Waals surface area contributed by atoms with Crippen molar-refractivity contribution in [2.24, 2.45) is 0 Å². The van der Waals surface area contributed by atoms with Crippen LogP contribution in [-0.2, 0) is 14.6 Å². The molecule has 0 saturated carbocycles. The molecule has 2 aromatic rings. The van der Waals surface area contributed by atoms with Crippen LogP contribution in [-0.4, -0.2) is 41.5 Å². The van der Waals surface area contributed by atoms with Crippen molar-refractivity contribution in [2.45, 2.75) is 24.6 Å². The summed E-state index contributed by atoms with van der Waals surface area (Å²) in [7, 11) is -3.82. The van der Waals surface area contributed by atoms with Crippen molar-refractivity contribution in [1.82, 2.24) is 5.32 Å². The molecule has 0 radical (unpaired) electrons. The summed E-state index contributed by atoms with van der Waals surface area (Å²) in [5.74, 6) is -1.90. The van der Waals surface area contributed by atoms with Crippen molar-refractivity contribution in [3.8, 4) is 0 Å². The van der Waals surface area contributed by atoms with E-state index < -0.39 is 37.9 Å². The molecule has 0 aliphatic carbocycles. The number of aliphatic carboxylic acids is 1. The minimum Gasteiger partial charge on any atom is -0.481 e. The number of carbonyl (C=O) groups is 2. The lowest BCUT2D eigenvalue weighted by molar-refractivity contribution is -0.384. The lowest BCUT2D eigenvalue weighted by Gasteiger charge is -2.28. The topological polar surface area (TPSA) is 144 Å². The number of benzene rings is 2. The highest BCUT2D eigenvalue weighted by Crippen LogP contribution is 2.26. The molecule has 0 fully saturated rings. The lowest BCUT2D eigenvalue weighted by atomic mass is 10.0. The zero-order valence-corrected chi connectivity index (χ0v) is 15.4. The third-order valence-corrected chi connectivity index (χ3v) is 6.27. The molecule has 2 N–H and O–H groups in total. The van der Waals surface area contributed by atoms with Gasteiger partial charge in [-0.25, -0.2) is 8.42 Å². The molecule has 2 aromatic carbocycles. The van der Waals surface area contributed by atoms with Gasteiger partial charge in [-0.3, -0.25) is 19.7 Å². The number of rotatable bonds is 7. The van der Waals surface area contributed by atoms with Gasteiger partial charge in [0.25, 0.3) is 11.6 Å². The van der Waals surface area contributed by atoms with Gasteiger partial charge in [-0.05, 0) is 36.2 Å². The molecular weight excluding hydrogens is 376 g/mol. The Morgan fingerprint density at radius 1 is 1.26 bits per heavy atom. The molecule has 144 valence electrons. The summed E-state index contributed by atoms with van der Waals surface area (Å²) in [6, 6.07) is 8.56. The Hall–Kier alpha value is -3.01. The van der Waals surface area contributed by atoms with Gasteiger partial charge in [0.2, 0.25) is 0 Å². The van der Waals surface area contributed by atoms with Crippen LogP contribution in [0.25, 0.3) is 10.8 Å². The summed E-state index contributed by atoms with van der Waals surface area (Å²) in [6.45, 7) is 1.25. The van der Waals surface area contributed by atoms with Crippen molar-refractivity contribution >= 4 is 38.2 Å². The number of hydrogen-bond acceptors (Lipinski definition) is 6. The predicted octanol–water partition coefficient (Wildman–Crippen LogP) is 2.10. The minimum atomic E-state index is -3.82. The Balaban J connectivity index is 2.44. The fourth-order valence-electron chi connectivity index (χ4n) is 2.58. The molecule has 2 rings (SSSR count). The van der Waals surface area contributed by atoms with Gasteiger partial charge in [-0.1, -0.05) is 12.1 Å². The number of sulfone groups is 1. The highest BCUT2D eigenvalue weighted by Gasteiger charge is 2.38. The standard InChI is InChI=1S/C17H18N2O7S/c1-17(27(2,25)26,9-8-15(20)21)18-16(22)14-5-3-4-11-10-12(19(23)24)6-7-13(11)14/h3-7,10H,8-9H2,1-2H3,(H,18,22)(H,20,21)/t17-/m0/s1. The van der Waals surface area contributed by atoms with Crippen molar-refractivity contribution < 1.29 is 28.0 Å². The van der Waals surface area contributed by atoms with Crippen molar-refractivity contribution in [3.63, 3.8) is 0 Å². The number of nitrogens with one attached hydrogen (secondary N) is 1. The molecule has 0 aliphatic heterocycles. The van der Waals surface area contributed by atoms with Gasteiger partial charge >= 0.3 is 5.97 Å². The summed E-state index contributed by atoms with van der Waals surface area (Å²) in [5.41, 5.74) is -0.00455. The zero-order chi connectivity index (χ0) is 20.4. The van der Waals surface area contributed by atoms with E-state index in [-0.39, 0.29) is 17.7 Å². The smallest absolute Gasteiger partial charge is 0.303 e. The number of nitrogens with zero attached hydrogens (tertiary/aromatic N) is 1. The Morgan fingerprint density at radius 3 is 2.48 bits per heavy atom.